The third-order valence-electron chi connectivity index (χ3n) is 4.07. The van der Waals surface area contributed by atoms with Gasteiger partial charge < -0.3 is 10.5 Å². The van der Waals surface area contributed by atoms with Gasteiger partial charge in [-0.25, -0.2) is 0 Å². The number of primary amides is 1. The Morgan fingerprint density at radius 2 is 2.07 bits per heavy atom. The maximum atomic E-state index is 13.0. The molecule has 1 amide bonds. The first-order valence-corrected chi connectivity index (χ1v) is 8.57. The van der Waals surface area contributed by atoms with Crippen molar-refractivity contribution in [2.75, 3.05) is 0 Å². The zero-order chi connectivity index (χ0) is 20.4. The number of amides is 1. The van der Waals surface area contributed by atoms with Crippen molar-refractivity contribution in [3.63, 3.8) is 0 Å². The lowest BCUT2D eigenvalue weighted by molar-refractivity contribution is -0.114. The van der Waals surface area contributed by atoms with Crippen LogP contribution in [0.4, 0.5) is 0 Å². The van der Waals surface area contributed by atoms with Crippen molar-refractivity contribution in [3.8, 4) is 17.7 Å². The van der Waals surface area contributed by atoms with E-state index in [-0.39, 0.29) is 17.0 Å². The summed E-state index contributed by atoms with van der Waals surface area (Å²) >= 11 is 6.04. The summed E-state index contributed by atoms with van der Waals surface area (Å²) in [4.78, 5) is 28.9. The molecule has 0 saturated carbocycles. The Kier molecular flexibility index (Phi) is 5.16. The van der Waals surface area contributed by atoms with Crippen LogP contribution in [-0.2, 0) is 4.79 Å². The smallest absolute Gasteiger partial charge is 0.269 e. The molecule has 1 aromatic carbocycles. The molecule has 7 nitrogen and oxygen atoms in total. The number of halogens is 1. The number of nitriles is 1. The Balaban J connectivity index is 2.29. The normalized spacial score (nSPS) is 11.3. The summed E-state index contributed by atoms with van der Waals surface area (Å²) in [6.45, 7) is 3.61. The number of fused-ring (bicyclic) bond motifs is 1. The lowest BCUT2D eigenvalue weighted by atomic mass is 10.1. The zero-order valence-corrected chi connectivity index (χ0v) is 15.8. The fourth-order valence-corrected chi connectivity index (χ4v) is 2.71. The molecule has 3 aromatic rings. The largest absolute Gasteiger partial charge is 0.438 e. The maximum absolute atomic E-state index is 13.0. The summed E-state index contributed by atoms with van der Waals surface area (Å²) in [5.74, 6) is -0.599. The summed E-state index contributed by atoms with van der Waals surface area (Å²) in [5.41, 5.74) is 6.18. The minimum absolute atomic E-state index is 0.0463. The Morgan fingerprint density at radius 3 is 2.71 bits per heavy atom. The van der Waals surface area contributed by atoms with Gasteiger partial charge in [0.1, 0.15) is 28.6 Å². The summed E-state index contributed by atoms with van der Waals surface area (Å²) in [5, 5.41) is 9.71. The van der Waals surface area contributed by atoms with Crippen molar-refractivity contribution in [2.24, 2.45) is 5.73 Å². The van der Waals surface area contributed by atoms with E-state index in [1.165, 1.54) is 4.40 Å². The first-order chi connectivity index (χ1) is 13.3. The predicted molar refractivity (Wildman–Crippen MR) is 105 cm³/mol. The summed E-state index contributed by atoms with van der Waals surface area (Å²) in [6.07, 6.45) is 2.63. The summed E-state index contributed by atoms with van der Waals surface area (Å²) in [7, 11) is 0. The number of hydrogen-bond acceptors (Lipinski definition) is 5. The number of nitrogens with zero attached hydrogens (tertiary/aromatic N) is 3. The average Bonchev–Trinajstić information content (AvgIpc) is 2.65. The Morgan fingerprint density at radius 1 is 1.32 bits per heavy atom. The molecule has 0 fully saturated rings. The van der Waals surface area contributed by atoms with Gasteiger partial charge in [-0.3, -0.25) is 14.0 Å². The predicted octanol–water partition coefficient (Wildman–Crippen LogP) is 3.15. The van der Waals surface area contributed by atoms with Crippen molar-refractivity contribution in [1.82, 2.24) is 9.38 Å². The van der Waals surface area contributed by atoms with Crippen LogP contribution in [0, 0.1) is 25.2 Å². The van der Waals surface area contributed by atoms with Gasteiger partial charge in [0.25, 0.3) is 11.5 Å². The van der Waals surface area contributed by atoms with Gasteiger partial charge >= 0.3 is 0 Å². The molecule has 3 rings (SSSR count). The molecule has 2 N–H and O–H groups in total. The third-order valence-corrected chi connectivity index (χ3v) is 4.49. The van der Waals surface area contributed by atoms with E-state index in [0.717, 1.165) is 17.2 Å². The molecular formula is C20H15ClN4O3. The standard InChI is InChI=1S/C20H15ClN4O3/c1-11-4-3-7-25-18(11)24-19(28-14-5-6-16(21)12(2)8-14)15(20(25)27)9-13(10-22)17(23)26/h3-9H,1-2H3,(H2,23,26)/b13-9-. The monoisotopic (exact) mass is 394 g/mol. The van der Waals surface area contributed by atoms with Gasteiger partial charge in [0.2, 0.25) is 5.88 Å². The second-order valence-electron chi connectivity index (χ2n) is 6.07. The number of rotatable bonds is 4. The Hall–Kier alpha value is -3.63. The van der Waals surface area contributed by atoms with Crippen LogP contribution in [0.15, 0.2) is 46.9 Å². The molecule has 2 heterocycles. The summed E-state index contributed by atoms with van der Waals surface area (Å²) in [6, 6.07) is 10.2. The van der Waals surface area contributed by atoms with E-state index in [2.05, 4.69) is 4.98 Å². The highest BCUT2D eigenvalue weighted by Gasteiger charge is 2.17. The molecule has 140 valence electrons. The second-order valence-corrected chi connectivity index (χ2v) is 6.47. The number of ether oxygens (including phenoxy) is 1. The van der Waals surface area contributed by atoms with Crippen LogP contribution in [0.1, 0.15) is 16.7 Å². The van der Waals surface area contributed by atoms with Crippen LogP contribution < -0.4 is 16.0 Å². The molecule has 0 aliphatic heterocycles. The quantitative estimate of drug-likeness (QED) is 0.539. The Bertz CT molecular complexity index is 1240. The van der Waals surface area contributed by atoms with Crippen molar-refractivity contribution in [2.45, 2.75) is 13.8 Å². The Labute approximate surface area is 165 Å². The molecule has 28 heavy (non-hydrogen) atoms. The van der Waals surface area contributed by atoms with Gasteiger partial charge in [-0.15, -0.1) is 0 Å². The average molecular weight is 395 g/mol. The molecule has 0 bridgehead atoms. The van der Waals surface area contributed by atoms with E-state index in [1.807, 2.05) is 6.92 Å². The van der Waals surface area contributed by atoms with Gasteiger partial charge in [0, 0.05) is 11.2 Å². The number of aromatic nitrogens is 2. The van der Waals surface area contributed by atoms with Crippen LogP contribution in [0.25, 0.3) is 11.7 Å². The van der Waals surface area contributed by atoms with E-state index >= 15 is 0 Å². The van der Waals surface area contributed by atoms with Gasteiger partial charge in [-0.1, -0.05) is 17.7 Å². The number of carbonyl (C=O) groups is 1. The second kappa shape index (κ2) is 7.55. The molecule has 0 aliphatic rings. The highest BCUT2D eigenvalue weighted by atomic mass is 35.5. The molecule has 2 aromatic heterocycles. The first-order valence-electron chi connectivity index (χ1n) is 8.19. The minimum Gasteiger partial charge on any atom is -0.438 e. The lowest BCUT2D eigenvalue weighted by Gasteiger charge is -2.12. The highest BCUT2D eigenvalue weighted by Crippen LogP contribution is 2.27. The number of benzene rings is 1. The van der Waals surface area contributed by atoms with Gasteiger partial charge in [-0.05, 0) is 55.3 Å². The van der Waals surface area contributed by atoms with Crippen molar-refractivity contribution in [3.05, 3.63) is 74.2 Å². The van der Waals surface area contributed by atoms with Crippen molar-refractivity contribution < 1.29 is 9.53 Å². The SMILES string of the molecule is Cc1cc(Oc2nc3c(C)cccn3c(=O)c2/C=C(/C#N)C(N)=O)ccc1Cl. The lowest BCUT2D eigenvalue weighted by Crippen LogP contribution is -2.20. The molecule has 0 radical (unpaired) electrons. The van der Waals surface area contributed by atoms with Crippen molar-refractivity contribution >= 4 is 29.2 Å². The molecule has 0 saturated heterocycles. The molecule has 8 heteroatoms. The molecule has 0 spiro atoms. The molecule has 0 aliphatic carbocycles. The van der Waals surface area contributed by atoms with E-state index in [4.69, 9.17) is 27.3 Å². The van der Waals surface area contributed by atoms with E-state index in [0.29, 0.717) is 16.4 Å². The maximum Gasteiger partial charge on any atom is 0.269 e. The number of carbonyl (C=O) groups excluding carboxylic acids is 1. The zero-order valence-electron chi connectivity index (χ0n) is 15.1. The molecule has 0 atom stereocenters. The fourth-order valence-electron chi connectivity index (χ4n) is 2.59. The van der Waals surface area contributed by atoms with Gasteiger partial charge in [-0.2, -0.15) is 10.2 Å². The van der Waals surface area contributed by atoms with Crippen LogP contribution in [-0.4, -0.2) is 15.3 Å². The topological polar surface area (TPSA) is 110 Å². The molecular weight excluding hydrogens is 380 g/mol. The summed E-state index contributed by atoms with van der Waals surface area (Å²) < 4.78 is 7.14. The third kappa shape index (κ3) is 3.59. The first kappa shape index (κ1) is 19.1. The number of aryl methyl sites for hydroxylation is 2. The van der Waals surface area contributed by atoms with Crippen LogP contribution >= 0.6 is 11.6 Å². The van der Waals surface area contributed by atoms with Crippen molar-refractivity contribution in [1.29, 1.82) is 5.26 Å². The highest BCUT2D eigenvalue weighted by molar-refractivity contribution is 6.31. The van der Waals surface area contributed by atoms with E-state index < -0.39 is 11.5 Å². The van der Waals surface area contributed by atoms with Crippen LogP contribution in [0.2, 0.25) is 5.02 Å². The van der Waals surface area contributed by atoms with Gasteiger partial charge in [0.15, 0.2) is 0 Å². The molecule has 0 unspecified atom stereocenters. The fraction of sp³-hybridized carbons (Fsp3) is 0.100. The number of hydrogen-bond donors (Lipinski definition) is 1. The van der Waals surface area contributed by atoms with Gasteiger partial charge in [0.05, 0.1) is 0 Å². The van der Waals surface area contributed by atoms with Crippen LogP contribution in [0.5, 0.6) is 11.6 Å². The minimum atomic E-state index is -0.954. The number of pyridine rings is 1. The number of nitrogens with two attached hydrogens (primary N) is 1. The van der Waals surface area contributed by atoms with Crippen LogP contribution in [0.3, 0.4) is 0 Å². The van der Waals surface area contributed by atoms with E-state index in [9.17, 15) is 9.59 Å². The van der Waals surface area contributed by atoms with E-state index in [1.54, 1.807) is 49.5 Å².